The highest BCUT2D eigenvalue weighted by Gasteiger charge is 2.75. The SMILES string of the molecule is C[C@@H]1CC[C@]2(C(=O)O)CC[C@]3(C)C(=CC[C@@H]4[C@@]5(C)C[C@@H](O)[C@@H](O)[C@]6(CO6)C5CC[C@]43C)[C@@H]2[C@]1(C)O. The molecule has 35 heavy (non-hydrogen) atoms. The first-order valence-corrected chi connectivity index (χ1v) is 13.9. The molecule has 12 atom stereocenters. The van der Waals surface area contributed by atoms with Crippen LogP contribution in [0.25, 0.3) is 0 Å². The van der Waals surface area contributed by atoms with Crippen LogP contribution >= 0.6 is 0 Å². The zero-order valence-electron chi connectivity index (χ0n) is 22.0. The highest BCUT2D eigenvalue weighted by molar-refractivity contribution is 5.77. The molecule has 0 aromatic rings. The van der Waals surface area contributed by atoms with Crippen molar-refractivity contribution in [2.24, 2.45) is 45.3 Å². The van der Waals surface area contributed by atoms with Gasteiger partial charge in [-0.05, 0) is 92.3 Å². The van der Waals surface area contributed by atoms with E-state index in [1.165, 1.54) is 5.57 Å². The third kappa shape index (κ3) is 2.63. The summed E-state index contributed by atoms with van der Waals surface area (Å²) < 4.78 is 5.92. The number of fused-ring (bicyclic) bond motifs is 8. The third-order valence-corrected chi connectivity index (χ3v) is 13.3. The Morgan fingerprint density at radius 2 is 1.71 bits per heavy atom. The molecule has 196 valence electrons. The molecule has 0 bridgehead atoms. The second kappa shape index (κ2) is 6.92. The van der Waals surface area contributed by atoms with Gasteiger partial charge >= 0.3 is 5.97 Å². The lowest BCUT2D eigenvalue weighted by Crippen LogP contribution is -2.69. The first-order chi connectivity index (χ1) is 16.2. The molecule has 5 aliphatic carbocycles. The molecule has 6 heteroatoms. The highest BCUT2D eigenvalue weighted by atomic mass is 16.6. The molecule has 5 fully saturated rings. The minimum absolute atomic E-state index is 0.0452. The summed E-state index contributed by atoms with van der Waals surface area (Å²) in [7, 11) is 0. The van der Waals surface area contributed by atoms with E-state index in [0.29, 0.717) is 31.8 Å². The molecule has 6 rings (SSSR count). The van der Waals surface area contributed by atoms with E-state index in [1.807, 2.05) is 6.92 Å². The molecule has 1 heterocycles. The summed E-state index contributed by atoms with van der Waals surface area (Å²) in [6.07, 6.45) is 6.81. The maximum atomic E-state index is 12.8. The number of aliphatic carboxylic acids is 1. The Morgan fingerprint density at radius 3 is 2.34 bits per heavy atom. The topological polar surface area (TPSA) is 111 Å². The first-order valence-electron chi connectivity index (χ1n) is 13.9. The van der Waals surface area contributed by atoms with Crippen LogP contribution in [-0.4, -0.2) is 56.4 Å². The van der Waals surface area contributed by atoms with Crippen molar-refractivity contribution < 1.29 is 30.0 Å². The van der Waals surface area contributed by atoms with Gasteiger partial charge < -0.3 is 25.2 Å². The van der Waals surface area contributed by atoms with Crippen LogP contribution in [0.1, 0.15) is 86.0 Å². The number of hydrogen-bond acceptors (Lipinski definition) is 5. The Hall–Kier alpha value is -0.950. The second-order valence-corrected chi connectivity index (χ2v) is 14.3. The maximum Gasteiger partial charge on any atom is 0.310 e. The van der Waals surface area contributed by atoms with Crippen molar-refractivity contribution in [1.82, 2.24) is 0 Å². The summed E-state index contributed by atoms with van der Waals surface area (Å²) in [5.41, 5.74) is -1.86. The fourth-order valence-electron chi connectivity index (χ4n) is 10.9. The number of aliphatic hydroxyl groups is 3. The summed E-state index contributed by atoms with van der Waals surface area (Å²) in [6.45, 7) is 11.5. The summed E-state index contributed by atoms with van der Waals surface area (Å²) in [5, 5.41) is 44.2. The van der Waals surface area contributed by atoms with E-state index < -0.39 is 34.8 Å². The highest BCUT2D eigenvalue weighted by Crippen LogP contribution is 2.76. The molecular weight excluding hydrogens is 444 g/mol. The van der Waals surface area contributed by atoms with Gasteiger partial charge in [-0.2, -0.15) is 0 Å². The van der Waals surface area contributed by atoms with E-state index in [-0.39, 0.29) is 34.0 Å². The molecule has 0 radical (unpaired) electrons. The average molecular weight is 489 g/mol. The second-order valence-electron chi connectivity index (χ2n) is 14.3. The van der Waals surface area contributed by atoms with Crippen molar-refractivity contribution in [2.45, 2.75) is 109 Å². The van der Waals surface area contributed by atoms with Gasteiger partial charge in [0, 0.05) is 5.92 Å². The van der Waals surface area contributed by atoms with Crippen LogP contribution in [0.4, 0.5) is 0 Å². The molecule has 1 saturated heterocycles. The van der Waals surface area contributed by atoms with E-state index in [9.17, 15) is 25.2 Å². The molecule has 1 spiro atoms. The Morgan fingerprint density at radius 1 is 1.03 bits per heavy atom. The number of epoxide rings is 1. The number of carboxylic acid groups (broad SMARTS) is 1. The molecule has 6 nitrogen and oxygen atoms in total. The molecule has 0 aromatic heterocycles. The van der Waals surface area contributed by atoms with Crippen LogP contribution in [0.15, 0.2) is 11.6 Å². The summed E-state index contributed by atoms with van der Waals surface area (Å²) in [5.74, 6) is -0.574. The van der Waals surface area contributed by atoms with Gasteiger partial charge in [0.15, 0.2) is 0 Å². The largest absolute Gasteiger partial charge is 0.481 e. The fourth-order valence-corrected chi connectivity index (χ4v) is 10.9. The minimum Gasteiger partial charge on any atom is -0.481 e. The number of carbonyl (C=O) groups is 1. The van der Waals surface area contributed by atoms with Gasteiger partial charge in [-0.25, -0.2) is 0 Å². The zero-order chi connectivity index (χ0) is 25.4. The molecule has 1 unspecified atom stereocenters. The summed E-state index contributed by atoms with van der Waals surface area (Å²) in [6, 6.07) is 0. The van der Waals surface area contributed by atoms with Crippen molar-refractivity contribution in [3.05, 3.63) is 11.6 Å². The van der Waals surface area contributed by atoms with Crippen molar-refractivity contribution in [3.63, 3.8) is 0 Å². The van der Waals surface area contributed by atoms with Gasteiger partial charge in [0.05, 0.1) is 23.7 Å². The van der Waals surface area contributed by atoms with Crippen LogP contribution in [-0.2, 0) is 9.53 Å². The smallest absolute Gasteiger partial charge is 0.310 e. The van der Waals surface area contributed by atoms with E-state index in [1.54, 1.807) is 0 Å². The molecule has 0 aromatic carbocycles. The Balaban J connectivity index is 1.48. The Bertz CT molecular complexity index is 984. The normalized spacial score (nSPS) is 61.1. The van der Waals surface area contributed by atoms with E-state index in [4.69, 9.17) is 4.74 Å². The Labute approximate surface area is 209 Å². The van der Waals surface area contributed by atoms with Crippen molar-refractivity contribution in [2.75, 3.05) is 6.61 Å². The monoisotopic (exact) mass is 488 g/mol. The third-order valence-electron chi connectivity index (χ3n) is 13.3. The lowest BCUT2D eigenvalue weighted by Gasteiger charge is -2.71. The van der Waals surface area contributed by atoms with Gasteiger partial charge in [0.2, 0.25) is 0 Å². The number of ether oxygens (including phenoxy) is 1. The van der Waals surface area contributed by atoms with Crippen LogP contribution in [0, 0.1) is 45.3 Å². The lowest BCUT2D eigenvalue weighted by atomic mass is 9.33. The van der Waals surface area contributed by atoms with Gasteiger partial charge in [-0.15, -0.1) is 0 Å². The molecule has 1 aliphatic heterocycles. The molecule has 0 amide bonds. The average Bonchev–Trinajstić information content (AvgIpc) is 3.56. The van der Waals surface area contributed by atoms with Crippen LogP contribution in [0.2, 0.25) is 0 Å². The van der Waals surface area contributed by atoms with Gasteiger partial charge in [0.1, 0.15) is 11.7 Å². The molecule has 6 aliphatic rings. The quantitative estimate of drug-likeness (QED) is 0.329. The van der Waals surface area contributed by atoms with Crippen molar-refractivity contribution >= 4 is 5.97 Å². The zero-order valence-corrected chi connectivity index (χ0v) is 22.0. The molecule has 4 N–H and O–H groups in total. The number of rotatable bonds is 1. The standard InChI is InChI=1S/C29H44O6/c1-16-8-11-28(23(32)33)13-12-25(3)17(21(28)27(16,5)34)6-7-19-24(2)14-18(30)22(31)29(15-35-29)20(24)9-10-26(19,25)4/h6,16,18-22,30-31,34H,7-15H2,1-5H3,(H,32,33)/t16-,18-,19-,20?,21-,22-,24-,25-,26-,27-,28+,29+/m1/s1. The number of allylic oxidation sites excluding steroid dienone is 1. The predicted molar refractivity (Wildman–Crippen MR) is 130 cm³/mol. The minimum atomic E-state index is -1.06. The van der Waals surface area contributed by atoms with Crippen LogP contribution < -0.4 is 0 Å². The van der Waals surface area contributed by atoms with Gasteiger partial charge in [-0.3, -0.25) is 4.79 Å². The number of carboxylic acids is 1. The molecule has 4 saturated carbocycles. The van der Waals surface area contributed by atoms with Gasteiger partial charge in [0.25, 0.3) is 0 Å². The van der Waals surface area contributed by atoms with E-state index in [0.717, 1.165) is 32.1 Å². The van der Waals surface area contributed by atoms with Gasteiger partial charge in [-0.1, -0.05) is 39.3 Å². The predicted octanol–water partition coefficient (Wildman–Crippen LogP) is 3.92. The summed E-state index contributed by atoms with van der Waals surface area (Å²) in [4.78, 5) is 12.8. The number of aliphatic hydroxyl groups excluding tert-OH is 2. The van der Waals surface area contributed by atoms with Crippen molar-refractivity contribution in [3.8, 4) is 0 Å². The summed E-state index contributed by atoms with van der Waals surface area (Å²) >= 11 is 0. The first kappa shape index (κ1) is 24.4. The van der Waals surface area contributed by atoms with Crippen molar-refractivity contribution in [1.29, 1.82) is 0 Å². The maximum absolute atomic E-state index is 12.8. The molecular formula is C29H44O6. The Kier molecular flexibility index (Phi) is 4.82. The van der Waals surface area contributed by atoms with E-state index >= 15 is 0 Å². The lowest BCUT2D eigenvalue weighted by molar-refractivity contribution is -0.223. The van der Waals surface area contributed by atoms with Crippen LogP contribution in [0.5, 0.6) is 0 Å². The van der Waals surface area contributed by atoms with Crippen LogP contribution in [0.3, 0.4) is 0 Å². The number of hydrogen-bond donors (Lipinski definition) is 4. The van der Waals surface area contributed by atoms with E-state index in [2.05, 4.69) is 33.8 Å². The fraction of sp³-hybridized carbons (Fsp3) is 0.897.